The molecule has 106 valence electrons. The van der Waals surface area contributed by atoms with E-state index in [1.165, 1.54) is 6.26 Å². The van der Waals surface area contributed by atoms with Crippen molar-refractivity contribution in [2.24, 2.45) is 5.73 Å². The molecule has 0 unspecified atom stereocenters. The zero-order valence-electron chi connectivity index (χ0n) is 10.4. The van der Waals surface area contributed by atoms with Crippen molar-refractivity contribution in [3.05, 3.63) is 53.4 Å². The summed E-state index contributed by atoms with van der Waals surface area (Å²) < 4.78 is 31.1. The molecule has 1 aromatic carbocycles. The smallest absolute Gasteiger partial charge is 0.216 e. The molecule has 2 rings (SSSR count). The third-order valence-corrected chi connectivity index (χ3v) is 4.09. The van der Waals surface area contributed by atoms with E-state index in [0.717, 1.165) is 0 Å². The molecule has 0 saturated carbocycles. The molecule has 1 heterocycles. The Morgan fingerprint density at radius 1 is 1.35 bits per heavy atom. The van der Waals surface area contributed by atoms with Crippen LogP contribution in [0.3, 0.4) is 0 Å². The third kappa shape index (κ3) is 3.86. The number of aromatic nitrogens is 1. The summed E-state index contributed by atoms with van der Waals surface area (Å²) in [7, 11) is -3.51. The molecule has 0 saturated heterocycles. The van der Waals surface area contributed by atoms with Crippen LogP contribution in [0.1, 0.15) is 16.8 Å². The molecular formula is C12H13N3O3S2. The SMILES string of the molecule is NC(=S)c1ccccc1CS(=O)(=O)NCc1ccon1. The van der Waals surface area contributed by atoms with Gasteiger partial charge in [-0.25, -0.2) is 13.1 Å². The van der Waals surface area contributed by atoms with Crippen LogP contribution in [-0.4, -0.2) is 18.6 Å². The van der Waals surface area contributed by atoms with Gasteiger partial charge in [0.05, 0.1) is 18.0 Å². The lowest BCUT2D eigenvalue weighted by Gasteiger charge is -2.09. The Morgan fingerprint density at radius 3 is 2.75 bits per heavy atom. The van der Waals surface area contributed by atoms with E-state index in [4.69, 9.17) is 18.0 Å². The molecule has 20 heavy (non-hydrogen) atoms. The summed E-state index contributed by atoms with van der Waals surface area (Å²) in [4.78, 5) is 0.173. The van der Waals surface area contributed by atoms with Gasteiger partial charge in [0, 0.05) is 11.6 Å². The highest BCUT2D eigenvalue weighted by Gasteiger charge is 2.15. The molecular weight excluding hydrogens is 298 g/mol. The summed E-state index contributed by atoms with van der Waals surface area (Å²) in [5, 5.41) is 3.63. The maximum atomic E-state index is 12.0. The van der Waals surface area contributed by atoms with E-state index in [0.29, 0.717) is 16.8 Å². The van der Waals surface area contributed by atoms with Crippen molar-refractivity contribution in [2.45, 2.75) is 12.3 Å². The summed E-state index contributed by atoms with van der Waals surface area (Å²) in [6.45, 7) is 0.0775. The molecule has 3 N–H and O–H groups in total. The number of thiocarbonyl (C=S) groups is 1. The molecule has 0 amide bonds. The molecule has 0 radical (unpaired) electrons. The Kier molecular flexibility index (Phi) is 4.48. The van der Waals surface area contributed by atoms with Gasteiger partial charge in [0.25, 0.3) is 0 Å². The van der Waals surface area contributed by atoms with Gasteiger partial charge in [-0.2, -0.15) is 0 Å². The molecule has 0 aliphatic heterocycles. The number of sulfonamides is 1. The van der Waals surface area contributed by atoms with Gasteiger partial charge in [0.15, 0.2) is 0 Å². The number of benzene rings is 1. The van der Waals surface area contributed by atoms with Crippen molar-refractivity contribution < 1.29 is 12.9 Å². The highest BCUT2D eigenvalue weighted by atomic mass is 32.2. The summed E-state index contributed by atoms with van der Waals surface area (Å²) in [6, 6.07) is 8.47. The first kappa shape index (κ1) is 14.6. The first-order valence-electron chi connectivity index (χ1n) is 5.72. The van der Waals surface area contributed by atoms with Crippen molar-refractivity contribution in [1.82, 2.24) is 9.88 Å². The summed E-state index contributed by atoms with van der Waals surface area (Å²) in [5.41, 5.74) is 7.22. The van der Waals surface area contributed by atoms with Crippen LogP contribution >= 0.6 is 12.2 Å². The maximum Gasteiger partial charge on any atom is 0.216 e. The van der Waals surface area contributed by atoms with Gasteiger partial charge in [-0.3, -0.25) is 0 Å². The second kappa shape index (κ2) is 6.12. The number of rotatable bonds is 6. The van der Waals surface area contributed by atoms with E-state index < -0.39 is 10.0 Å². The second-order valence-corrected chi connectivity index (χ2v) is 6.34. The van der Waals surface area contributed by atoms with Gasteiger partial charge >= 0.3 is 0 Å². The fraction of sp³-hybridized carbons (Fsp3) is 0.167. The van der Waals surface area contributed by atoms with Gasteiger partial charge in [-0.15, -0.1) is 0 Å². The van der Waals surface area contributed by atoms with Gasteiger partial charge in [0.2, 0.25) is 10.0 Å². The third-order valence-electron chi connectivity index (χ3n) is 2.59. The van der Waals surface area contributed by atoms with Crippen LogP contribution in [0.15, 0.2) is 41.1 Å². The average molecular weight is 311 g/mol. The lowest BCUT2D eigenvalue weighted by Crippen LogP contribution is -2.26. The minimum absolute atomic E-state index is 0.0775. The van der Waals surface area contributed by atoms with Crippen molar-refractivity contribution in [1.29, 1.82) is 0 Å². The van der Waals surface area contributed by atoms with Crippen molar-refractivity contribution >= 4 is 27.2 Å². The highest BCUT2D eigenvalue weighted by molar-refractivity contribution is 7.88. The van der Waals surface area contributed by atoms with Crippen molar-refractivity contribution in [3.8, 4) is 0 Å². The van der Waals surface area contributed by atoms with E-state index >= 15 is 0 Å². The van der Waals surface area contributed by atoms with Crippen molar-refractivity contribution in [3.63, 3.8) is 0 Å². The van der Waals surface area contributed by atoms with E-state index in [9.17, 15) is 8.42 Å². The minimum atomic E-state index is -3.51. The summed E-state index contributed by atoms with van der Waals surface area (Å²) in [5.74, 6) is -0.196. The molecule has 6 nitrogen and oxygen atoms in total. The molecule has 0 aliphatic rings. The van der Waals surface area contributed by atoms with Crippen LogP contribution in [0.2, 0.25) is 0 Å². The second-order valence-electron chi connectivity index (χ2n) is 4.09. The fourth-order valence-corrected chi connectivity index (χ4v) is 2.99. The molecule has 0 aliphatic carbocycles. The van der Waals surface area contributed by atoms with Crippen LogP contribution in [-0.2, 0) is 22.3 Å². The topological polar surface area (TPSA) is 98.2 Å². The van der Waals surface area contributed by atoms with Crippen molar-refractivity contribution in [2.75, 3.05) is 0 Å². The van der Waals surface area contributed by atoms with Crippen LogP contribution in [0.25, 0.3) is 0 Å². The van der Waals surface area contributed by atoms with Gasteiger partial charge in [-0.05, 0) is 5.56 Å². The molecule has 0 atom stereocenters. The molecule has 0 bridgehead atoms. The predicted octanol–water partition coefficient (Wildman–Crippen LogP) is 0.928. The van der Waals surface area contributed by atoms with Crippen LogP contribution in [0, 0.1) is 0 Å². The number of hydrogen-bond acceptors (Lipinski definition) is 5. The van der Waals surface area contributed by atoms with Gasteiger partial charge in [0.1, 0.15) is 11.3 Å². The first-order chi connectivity index (χ1) is 9.48. The molecule has 1 aromatic heterocycles. The Balaban J connectivity index is 2.10. The number of nitrogens with two attached hydrogens (primary N) is 1. The standard InChI is InChI=1S/C12H13N3O3S2/c13-12(19)11-4-2-1-3-9(11)8-20(16,17)14-7-10-5-6-18-15-10/h1-6,14H,7-8H2,(H2,13,19). The number of hydrogen-bond donors (Lipinski definition) is 2. The quantitative estimate of drug-likeness (QED) is 0.770. The normalized spacial score (nSPS) is 11.4. The Morgan fingerprint density at radius 2 is 2.10 bits per heavy atom. The Labute approximate surface area is 122 Å². The van der Waals surface area contributed by atoms with Gasteiger partial charge < -0.3 is 10.3 Å². The molecule has 0 spiro atoms. The number of nitrogens with zero attached hydrogens (tertiary/aromatic N) is 1. The van der Waals surface area contributed by atoms with E-state index in [1.807, 2.05) is 0 Å². The first-order valence-corrected chi connectivity index (χ1v) is 7.78. The van der Waals surface area contributed by atoms with Gasteiger partial charge in [-0.1, -0.05) is 41.6 Å². The zero-order chi connectivity index (χ0) is 14.6. The van der Waals surface area contributed by atoms with Crippen LogP contribution in [0.4, 0.5) is 0 Å². The monoisotopic (exact) mass is 311 g/mol. The maximum absolute atomic E-state index is 12.0. The number of nitrogens with one attached hydrogen (secondary N) is 1. The Hall–Kier alpha value is -1.77. The van der Waals surface area contributed by atoms with E-state index in [-0.39, 0.29) is 17.3 Å². The summed E-state index contributed by atoms with van der Waals surface area (Å²) in [6.07, 6.45) is 1.38. The van der Waals surface area contributed by atoms with E-state index in [2.05, 4.69) is 14.4 Å². The highest BCUT2D eigenvalue weighted by Crippen LogP contribution is 2.12. The Bertz CT molecular complexity index is 696. The van der Waals surface area contributed by atoms with E-state index in [1.54, 1.807) is 30.3 Å². The lowest BCUT2D eigenvalue weighted by molar-refractivity contribution is 0.411. The minimum Gasteiger partial charge on any atom is -0.389 e. The van der Waals surface area contributed by atoms with Crippen LogP contribution < -0.4 is 10.5 Å². The summed E-state index contributed by atoms with van der Waals surface area (Å²) >= 11 is 4.91. The predicted molar refractivity (Wildman–Crippen MR) is 78.3 cm³/mol. The zero-order valence-corrected chi connectivity index (χ0v) is 12.1. The molecule has 0 fully saturated rings. The average Bonchev–Trinajstić information content (AvgIpc) is 2.89. The fourth-order valence-electron chi connectivity index (χ4n) is 1.65. The molecule has 2 aromatic rings. The molecule has 8 heteroatoms. The lowest BCUT2D eigenvalue weighted by atomic mass is 10.1. The largest absolute Gasteiger partial charge is 0.389 e. The van der Waals surface area contributed by atoms with Crippen LogP contribution in [0.5, 0.6) is 0 Å².